The second kappa shape index (κ2) is 5.90. The zero-order chi connectivity index (χ0) is 12.1. The number of aryl methyl sites for hydroxylation is 1. The van der Waals surface area contributed by atoms with Gasteiger partial charge < -0.3 is 9.84 Å². The highest BCUT2D eigenvalue weighted by molar-refractivity contribution is 5.38. The normalized spacial score (nSPS) is 14.6. The Morgan fingerprint density at radius 3 is 2.56 bits per heavy atom. The van der Waals surface area contributed by atoms with Crippen molar-refractivity contribution in [3.05, 3.63) is 29.3 Å². The third kappa shape index (κ3) is 3.53. The summed E-state index contributed by atoms with van der Waals surface area (Å²) in [6, 6.07) is 5.93. The minimum absolute atomic E-state index is 0.479. The fraction of sp³-hybridized carbons (Fsp3) is 0.571. The maximum absolute atomic E-state index is 9.64. The molecule has 0 bridgehead atoms. The molecule has 1 aromatic rings. The number of aliphatic hydroxyl groups is 1. The van der Waals surface area contributed by atoms with Gasteiger partial charge in [-0.05, 0) is 31.4 Å². The molecule has 0 radical (unpaired) electrons. The van der Waals surface area contributed by atoms with Gasteiger partial charge in [-0.1, -0.05) is 32.4 Å². The summed E-state index contributed by atoms with van der Waals surface area (Å²) in [5.74, 6) is 1.36. The zero-order valence-electron chi connectivity index (χ0n) is 10.7. The van der Waals surface area contributed by atoms with E-state index in [2.05, 4.69) is 13.8 Å². The number of hydrogen-bond acceptors (Lipinski definition) is 2. The summed E-state index contributed by atoms with van der Waals surface area (Å²) in [7, 11) is 0. The summed E-state index contributed by atoms with van der Waals surface area (Å²) in [6.45, 7) is 8.82. The van der Waals surface area contributed by atoms with Gasteiger partial charge in [0.05, 0.1) is 12.7 Å². The van der Waals surface area contributed by atoms with Crippen molar-refractivity contribution in [2.75, 3.05) is 6.61 Å². The monoisotopic (exact) mass is 222 g/mol. The first-order chi connectivity index (χ1) is 7.54. The molecule has 16 heavy (non-hydrogen) atoms. The van der Waals surface area contributed by atoms with Crippen LogP contribution in [0.4, 0.5) is 0 Å². The van der Waals surface area contributed by atoms with E-state index in [1.54, 1.807) is 6.92 Å². The topological polar surface area (TPSA) is 29.5 Å². The summed E-state index contributed by atoms with van der Waals surface area (Å²) in [5.41, 5.74) is 2.03. The largest absolute Gasteiger partial charge is 0.493 e. The number of benzene rings is 1. The van der Waals surface area contributed by atoms with Gasteiger partial charge in [-0.3, -0.25) is 0 Å². The van der Waals surface area contributed by atoms with E-state index >= 15 is 0 Å². The molecule has 1 aromatic carbocycles. The predicted molar refractivity (Wildman–Crippen MR) is 66.8 cm³/mol. The molecule has 0 fully saturated rings. The molecular weight excluding hydrogens is 200 g/mol. The SMILES string of the molecule is CCC(C)COc1cc(C)ccc1[C@@H](C)O. The van der Waals surface area contributed by atoms with Crippen LogP contribution in [0.2, 0.25) is 0 Å². The summed E-state index contributed by atoms with van der Waals surface area (Å²) in [5, 5.41) is 9.64. The van der Waals surface area contributed by atoms with Crippen LogP contribution >= 0.6 is 0 Å². The minimum atomic E-state index is -0.479. The smallest absolute Gasteiger partial charge is 0.125 e. The van der Waals surface area contributed by atoms with Crippen molar-refractivity contribution in [2.24, 2.45) is 5.92 Å². The van der Waals surface area contributed by atoms with Gasteiger partial charge in [-0.15, -0.1) is 0 Å². The lowest BCUT2D eigenvalue weighted by Crippen LogP contribution is -2.09. The third-order valence-corrected chi connectivity index (χ3v) is 2.84. The average Bonchev–Trinajstić information content (AvgIpc) is 2.25. The summed E-state index contributed by atoms with van der Waals surface area (Å²) in [6.07, 6.45) is 0.628. The van der Waals surface area contributed by atoms with Crippen LogP contribution in [0.15, 0.2) is 18.2 Å². The Morgan fingerprint density at radius 1 is 1.31 bits per heavy atom. The highest BCUT2D eigenvalue weighted by Crippen LogP contribution is 2.26. The molecule has 0 aliphatic carbocycles. The first-order valence-electron chi connectivity index (χ1n) is 5.96. The lowest BCUT2D eigenvalue weighted by molar-refractivity contribution is 0.186. The van der Waals surface area contributed by atoms with Crippen molar-refractivity contribution >= 4 is 0 Å². The van der Waals surface area contributed by atoms with Crippen molar-refractivity contribution in [3.63, 3.8) is 0 Å². The Kier molecular flexibility index (Phi) is 4.81. The van der Waals surface area contributed by atoms with Crippen molar-refractivity contribution in [3.8, 4) is 5.75 Å². The lowest BCUT2D eigenvalue weighted by Gasteiger charge is -2.16. The van der Waals surface area contributed by atoms with Gasteiger partial charge in [0.2, 0.25) is 0 Å². The second-order valence-electron chi connectivity index (χ2n) is 4.54. The fourth-order valence-corrected chi connectivity index (χ4v) is 1.46. The Morgan fingerprint density at radius 2 is 2.00 bits per heavy atom. The quantitative estimate of drug-likeness (QED) is 0.826. The van der Waals surface area contributed by atoms with Crippen LogP contribution in [0.25, 0.3) is 0 Å². The highest BCUT2D eigenvalue weighted by atomic mass is 16.5. The van der Waals surface area contributed by atoms with Crippen LogP contribution in [0.3, 0.4) is 0 Å². The predicted octanol–water partition coefficient (Wildman–Crippen LogP) is 3.47. The van der Waals surface area contributed by atoms with Gasteiger partial charge >= 0.3 is 0 Å². The Balaban J connectivity index is 2.80. The molecule has 1 rings (SSSR count). The Labute approximate surface area is 98.3 Å². The Hall–Kier alpha value is -1.02. The van der Waals surface area contributed by atoms with Gasteiger partial charge in [0.15, 0.2) is 0 Å². The van der Waals surface area contributed by atoms with E-state index in [0.717, 1.165) is 23.3 Å². The molecule has 0 aromatic heterocycles. The van der Waals surface area contributed by atoms with E-state index in [1.165, 1.54) is 0 Å². The maximum Gasteiger partial charge on any atom is 0.125 e. The van der Waals surface area contributed by atoms with Crippen LogP contribution in [-0.2, 0) is 0 Å². The van der Waals surface area contributed by atoms with Crippen molar-refractivity contribution < 1.29 is 9.84 Å². The first kappa shape index (κ1) is 13.0. The van der Waals surface area contributed by atoms with Gasteiger partial charge in [0, 0.05) is 5.56 Å². The molecule has 1 N–H and O–H groups in total. The molecule has 0 aliphatic heterocycles. The van der Waals surface area contributed by atoms with Gasteiger partial charge in [0.1, 0.15) is 5.75 Å². The molecule has 0 heterocycles. The number of aliphatic hydroxyl groups excluding tert-OH is 1. The van der Waals surface area contributed by atoms with Crippen molar-refractivity contribution in [1.29, 1.82) is 0 Å². The zero-order valence-corrected chi connectivity index (χ0v) is 10.7. The maximum atomic E-state index is 9.64. The molecule has 0 saturated carbocycles. The summed E-state index contributed by atoms with van der Waals surface area (Å²) in [4.78, 5) is 0. The van der Waals surface area contributed by atoms with Crippen LogP contribution in [-0.4, -0.2) is 11.7 Å². The van der Waals surface area contributed by atoms with Crippen molar-refractivity contribution in [1.82, 2.24) is 0 Å². The lowest BCUT2D eigenvalue weighted by atomic mass is 10.1. The van der Waals surface area contributed by atoms with E-state index in [4.69, 9.17) is 4.74 Å². The Bertz CT molecular complexity index is 332. The second-order valence-corrected chi connectivity index (χ2v) is 4.54. The molecule has 90 valence electrons. The molecule has 1 unspecified atom stereocenters. The van der Waals surface area contributed by atoms with Crippen LogP contribution < -0.4 is 4.74 Å². The van der Waals surface area contributed by atoms with Gasteiger partial charge in [0.25, 0.3) is 0 Å². The van der Waals surface area contributed by atoms with Crippen LogP contribution in [0.5, 0.6) is 5.75 Å². The summed E-state index contributed by atoms with van der Waals surface area (Å²) >= 11 is 0. The van der Waals surface area contributed by atoms with Gasteiger partial charge in [-0.2, -0.15) is 0 Å². The highest BCUT2D eigenvalue weighted by Gasteiger charge is 2.10. The van der Waals surface area contributed by atoms with E-state index in [-0.39, 0.29) is 0 Å². The van der Waals surface area contributed by atoms with E-state index < -0.39 is 6.10 Å². The van der Waals surface area contributed by atoms with Crippen LogP contribution in [0.1, 0.15) is 44.4 Å². The van der Waals surface area contributed by atoms with Crippen molar-refractivity contribution in [2.45, 2.75) is 40.2 Å². The van der Waals surface area contributed by atoms with Crippen LogP contribution in [0, 0.1) is 12.8 Å². The van der Waals surface area contributed by atoms with E-state index in [1.807, 2.05) is 25.1 Å². The third-order valence-electron chi connectivity index (χ3n) is 2.84. The average molecular weight is 222 g/mol. The standard InChI is InChI=1S/C14H22O2/c1-5-10(2)9-16-14-8-11(3)6-7-13(14)12(4)15/h6-8,10,12,15H,5,9H2,1-4H3/t10?,12-/m1/s1. The molecule has 0 amide bonds. The van der Waals surface area contributed by atoms with Gasteiger partial charge in [-0.25, -0.2) is 0 Å². The number of rotatable bonds is 5. The molecule has 2 atom stereocenters. The molecular formula is C14H22O2. The molecule has 0 spiro atoms. The number of hydrogen-bond donors (Lipinski definition) is 1. The minimum Gasteiger partial charge on any atom is -0.493 e. The number of ether oxygens (including phenoxy) is 1. The molecule has 0 saturated heterocycles. The molecule has 2 heteroatoms. The molecule has 2 nitrogen and oxygen atoms in total. The van der Waals surface area contributed by atoms with E-state index in [0.29, 0.717) is 12.5 Å². The first-order valence-corrected chi connectivity index (χ1v) is 5.96. The summed E-state index contributed by atoms with van der Waals surface area (Å²) < 4.78 is 5.77. The fourth-order valence-electron chi connectivity index (χ4n) is 1.46. The van der Waals surface area contributed by atoms with E-state index in [9.17, 15) is 5.11 Å². The molecule has 0 aliphatic rings.